The standard InChI is InChI=1S/C14H19N3O4/c1-9-4-3-5-10(2)16(9)15-12-7-6-11(14(18)19)8-13(12)17(20)21/h6-10,15H,3-5H2,1-2H3,(H,18,19). The number of hydrazine groups is 1. The first-order valence-corrected chi connectivity index (χ1v) is 6.97. The van der Waals surface area contributed by atoms with Crippen molar-refractivity contribution in [2.75, 3.05) is 5.43 Å². The fourth-order valence-corrected chi connectivity index (χ4v) is 2.69. The second-order valence-electron chi connectivity index (χ2n) is 5.44. The molecule has 2 atom stereocenters. The van der Waals surface area contributed by atoms with Crippen LogP contribution in [0.15, 0.2) is 18.2 Å². The summed E-state index contributed by atoms with van der Waals surface area (Å²) >= 11 is 0. The van der Waals surface area contributed by atoms with Gasteiger partial charge < -0.3 is 10.5 Å². The lowest BCUT2D eigenvalue weighted by atomic mass is 10.00. The van der Waals surface area contributed by atoms with E-state index in [-0.39, 0.29) is 23.3 Å². The number of nitrogens with zero attached hydrogens (tertiary/aromatic N) is 2. The van der Waals surface area contributed by atoms with Crippen molar-refractivity contribution in [2.24, 2.45) is 0 Å². The van der Waals surface area contributed by atoms with Crippen LogP contribution in [0, 0.1) is 10.1 Å². The largest absolute Gasteiger partial charge is 0.478 e. The van der Waals surface area contributed by atoms with Crippen LogP contribution in [0.2, 0.25) is 0 Å². The Labute approximate surface area is 122 Å². The Balaban J connectivity index is 2.30. The van der Waals surface area contributed by atoms with Crippen molar-refractivity contribution in [3.05, 3.63) is 33.9 Å². The molecule has 114 valence electrons. The molecule has 1 heterocycles. The van der Waals surface area contributed by atoms with Gasteiger partial charge in [-0.05, 0) is 38.8 Å². The average molecular weight is 293 g/mol. The maximum absolute atomic E-state index is 11.2. The van der Waals surface area contributed by atoms with Gasteiger partial charge in [-0.2, -0.15) is 0 Å². The molecule has 1 aliphatic heterocycles. The van der Waals surface area contributed by atoms with Crippen LogP contribution in [0.25, 0.3) is 0 Å². The van der Waals surface area contributed by atoms with Gasteiger partial charge in [-0.1, -0.05) is 6.42 Å². The number of anilines is 1. The highest BCUT2D eigenvalue weighted by molar-refractivity contribution is 5.89. The highest BCUT2D eigenvalue weighted by Gasteiger charge is 2.27. The molecule has 21 heavy (non-hydrogen) atoms. The molecule has 2 rings (SSSR count). The van der Waals surface area contributed by atoms with Crippen molar-refractivity contribution < 1.29 is 14.8 Å². The van der Waals surface area contributed by atoms with Gasteiger partial charge in [0.05, 0.1) is 10.5 Å². The second-order valence-corrected chi connectivity index (χ2v) is 5.44. The molecule has 7 nitrogen and oxygen atoms in total. The molecule has 0 aromatic heterocycles. The van der Waals surface area contributed by atoms with Crippen molar-refractivity contribution in [3.8, 4) is 0 Å². The van der Waals surface area contributed by atoms with Crippen LogP contribution in [0.1, 0.15) is 43.5 Å². The normalized spacial score (nSPS) is 22.8. The Morgan fingerprint density at radius 3 is 2.52 bits per heavy atom. The Morgan fingerprint density at radius 1 is 1.38 bits per heavy atom. The lowest BCUT2D eigenvalue weighted by molar-refractivity contribution is -0.384. The fraction of sp³-hybridized carbons (Fsp3) is 0.500. The summed E-state index contributed by atoms with van der Waals surface area (Å²) < 4.78 is 0. The van der Waals surface area contributed by atoms with Gasteiger partial charge in [0, 0.05) is 18.2 Å². The number of nitro benzene ring substituents is 1. The highest BCUT2D eigenvalue weighted by Crippen LogP contribution is 2.29. The van der Waals surface area contributed by atoms with E-state index in [1.54, 1.807) is 0 Å². The number of benzene rings is 1. The molecule has 0 amide bonds. The number of aromatic carboxylic acids is 1. The zero-order valence-electron chi connectivity index (χ0n) is 12.1. The van der Waals surface area contributed by atoms with Crippen LogP contribution >= 0.6 is 0 Å². The zero-order chi connectivity index (χ0) is 15.6. The number of rotatable bonds is 4. The first-order chi connectivity index (χ1) is 9.90. The second kappa shape index (κ2) is 6.09. The number of carboxylic acid groups (broad SMARTS) is 1. The van der Waals surface area contributed by atoms with E-state index in [1.165, 1.54) is 12.1 Å². The predicted molar refractivity (Wildman–Crippen MR) is 78.3 cm³/mol. The van der Waals surface area contributed by atoms with Gasteiger partial charge in [0.15, 0.2) is 0 Å². The van der Waals surface area contributed by atoms with Gasteiger partial charge in [0.1, 0.15) is 5.69 Å². The van der Waals surface area contributed by atoms with Gasteiger partial charge >= 0.3 is 5.97 Å². The van der Waals surface area contributed by atoms with E-state index < -0.39 is 10.9 Å². The Hall–Kier alpha value is -2.15. The van der Waals surface area contributed by atoms with E-state index in [4.69, 9.17) is 5.11 Å². The molecule has 1 saturated heterocycles. The Bertz CT molecular complexity index is 551. The molecule has 0 radical (unpaired) electrons. The summed E-state index contributed by atoms with van der Waals surface area (Å²) in [6, 6.07) is 4.45. The van der Waals surface area contributed by atoms with Crippen LogP contribution in [0.3, 0.4) is 0 Å². The van der Waals surface area contributed by atoms with Crippen LogP contribution in [0.4, 0.5) is 11.4 Å². The molecule has 2 unspecified atom stereocenters. The molecule has 7 heteroatoms. The molecule has 0 bridgehead atoms. The molecule has 0 spiro atoms. The molecule has 1 aromatic rings. The number of carboxylic acids is 1. The zero-order valence-corrected chi connectivity index (χ0v) is 12.1. The summed E-state index contributed by atoms with van der Waals surface area (Å²) in [5.41, 5.74) is 3.11. The molecular weight excluding hydrogens is 274 g/mol. The van der Waals surface area contributed by atoms with Gasteiger partial charge in [0.2, 0.25) is 0 Å². The topological polar surface area (TPSA) is 95.7 Å². The monoisotopic (exact) mass is 293 g/mol. The summed E-state index contributed by atoms with van der Waals surface area (Å²) in [6.07, 6.45) is 3.19. The smallest absolute Gasteiger partial charge is 0.335 e. The predicted octanol–water partition coefficient (Wildman–Crippen LogP) is 2.88. The van der Waals surface area contributed by atoms with Gasteiger partial charge in [-0.15, -0.1) is 0 Å². The molecule has 2 N–H and O–H groups in total. The maximum atomic E-state index is 11.2. The summed E-state index contributed by atoms with van der Waals surface area (Å²) in [4.78, 5) is 21.5. The molecule has 1 fully saturated rings. The van der Waals surface area contributed by atoms with Crippen LogP contribution in [0.5, 0.6) is 0 Å². The number of carbonyl (C=O) groups is 1. The lowest BCUT2D eigenvalue weighted by Gasteiger charge is -2.39. The third kappa shape index (κ3) is 3.30. The van der Waals surface area contributed by atoms with Gasteiger partial charge in [-0.3, -0.25) is 10.1 Å². The van der Waals surface area contributed by atoms with E-state index in [1.807, 2.05) is 5.01 Å². The highest BCUT2D eigenvalue weighted by atomic mass is 16.6. The van der Waals surface area contributed by atoms with Crippen LogP contribution in [-0.2, 0) is 0 Å². The number of hydrogen-bond donors (Lipinski definition) is 2. The van der Waals surface area contributed by atoms with Crippen LogP contribution in [-0.4, -0.2) is 33.1 Å². The summed E-state index contributed by atoms with van der Waals surface area (Å²) in [5, 5.41) is 22.1. The van der Waals surface area contributed by atoms with E-state index in [0.717, 1.165) is 25.3 Å². The minimum Gasteiger partial charge on any atom is -0.478 e. The maximum Gasteiger partial charge on any atom is 0.335 e. The minimum atomic E-state index is -1.18. The van der Waals surface area contributed by atoms with Crippen molar-refractivity contribution in [1.29, 1.82) is 0 Å². The average Bonchev–Trinajstić information content (AvgIpc) is 2.42. The first-order valence-electron chi connectivity index (χ1n) is 6.97. The lowest BCUT2D eigenvalue weighted by Crippen LogP contribution is -2.47. The quantitative estimate of drug-likeness (QED) is 0.654. The van der Waals surface area contributed by atoms with E-state index in [0.29, 0.717) is 5.69 Å². The number of nitro groups is 1. The fourth-order valence-electron chi connectivity index (χ4n) is 2.69. The molecule has 1 aromatic carbocycles. The van der Waals surface area contributed by atoms with Crippen molar-refractivity contribution in [3.63, 3.8) is 0 Å². The molecule has 0 aliphatic carbocycles. The number of piperidine rings is 1. The molecular formula is C14H19N3O4. The number of nitrogens with one attached hydrogen (secondary N) is 1. The van der Waals surface area contributed by atoms with Gasteiger partial charge in [-0.25, -0.2) is 9.80 Å². The van der Waals surface area contributed by atoms with Crippen LogP contribution < -0.4 is 5.43 Å². The minimum absolute atomic E-state index is 0.0907. The van der Waals surface area contributed by atoms with Crippen molar-refractivity contribution in [1.82, 2.24) is 5.01 Å². The van der Waals surface area contributed by atoms with E-state index in [2.05, 4.69) is 19.3 Å². The third-order valence-electron chi connectivity index (χ3n) is 3.88. The number of hydrogen-bond acceptors (Lipinski definition) is 5. The summed E-state index contributed by atoms with van der Waals surface area (Å²) in [6.45, 7) is 4.14. The van der Waals surface area contributed by atoms with Crippen molar-refractivity contribution in [2.45, 2.75) is 45.2 Å². The first kappa shape index (κ1) is 15.2. The molecule has 0 saturated carbocycles. The van der Waals surface area contributed by atoms with E-state index in [9.17, 15) is 14.9 Å². The SMILES string of the molecule is CC1CCCC(C)N1Nc1ccc(C(=O)O)cc1[N+](=O)[O-]. The van der Waals surface area contributed by atoms with Gasteiger partial charge in [0.25, 0.3) is 5.69 Å². The Kier molecular flexibility index (Phi) is 4.42. The van der Waals surface area contributed by atoms with Crippen molar-refractivity contribution >= 4 is 17.3 Å². The summed E-state index contributed by atoms with van der Waals surface area (Å²) in [7, 11) is 0. The third-order valence-corrected chi connectivity index (χ3v) is 3.88. The van der Waals surface area contributed by atoms with E-state index >= 15 is 0 Å². The molecule has 1 aliphatic rings. The Morgan fingerprint density at radius 2 is 2.00 bits per heavy atom. The summed E-state index contributed by atoms with van der Waals surface area (Å²) in [5.74, 6) is -1.18.